The lowest BCUT2D eigenvalue weighted by molar-refractivity contribution is 0.469. The van der Waals surface area contributed by atoms with Crippen molar-refractivity contribution in [3.05, 3.63) is 48.0 Å². The van der Waals surface area contributed by atoms with Crippen molar-refractivity contribution in [3.8, 4) is 11.5 Å². The van der Waals surface area contributed by atoms with Crippen molar-refractivity contribution in [1.82, 2.24) is 0 Å². The highest BCUT2D eigenvalue weighted by atomic mass is 79.9. The van der Waals surface area contributed by atoms with Gasteiger partial charge in [0.2, 0.25) is 10.0 Å². The maximum atomic E-state index is 11.9. The number of halogens is 2. The number of anilines is 1. The molecule has 0 atom stereocenters. The Labute approximate surface area is 155 Å². The van der Waals surface area contributed by atoms with E-state index in [4.69, 9.17) is 9.88 Å². The summed E-state index contributed by atoms with van der Waals surface area (Å²) in [7, 11) is -3.91. The van der Waals surface area contributed by atoms with E-state index in [1.807, 2.05) is 31.2 Å². The molecular formula is C15H18Br2N2O3S. The van der Waals surface area contributed by atoms with Crippen LogP contribution in [-0.2, 0) is 15.4 Å². The second kappa shape index (κ2) is 8.68. The third-order valence-electron chi connectivity index (χ3n) is 2.91. The van der Waals surface area contributed by atoms with E-state index >= 15 is 0 Å². The number of ether oxygens (including phenoxy) is 1. The normalized spacial score (nSPS) is 10.7. The second-order valence-electron chi connectivity index (χ2n) is 4.59. The summed E-state index contributed by atoms with van der Waals surface area (Å²) in [5.41, 5.74) is 1.38. The summed E-state index contributed by atoms with van der Waals surface area (Å²) >= 11 is 3.33. The van der Waals surface area contributed by atoms with Gasteiger partial charge in [0.15, 0.2) is 5.75 Å². The van der Waals surface area contributed by atoms with Gasteiger partial charge in [-0.2, -0.15) is 0 Å². The van der Waals surface area contributed by atoms with Crippen molar-refractivity contribution in [3.63, 3.8) is 0 Å². The Morgan fingerprint density at radius 1 is 1.22 bits per heavy atom. The minimum absolute atomic E-state index is 0. The number of benzene rings is 2. The van der Waals surface area contributed by atoms with Gasteiger partial charge in [-0.25, -0.2) is 13.6 Å². The van der Waals surface area contributed by atoms with Gasteiger partial charge in [-0.3, -0.25) is 0 Å². The van der Waals surface area contributed by atoms with Crippen LogP contribution in [0, 0.1) is 0 Å². The molecule has 0 saturated carbocycles. The summed E-state index contributed by atoms with van der Waals surface area (Å²) in [5, 5.41) is 8.98. The summed E-state index contributed by atoms with van der Waals surface area (Å²) in [6.07, 6.45) is 0. The molecule has 0 aliphatic heterocycles. The number of para-hydroxylation sites is 1. The maximum absolute atomic E-state index is 11.9. The van der Waals surface area contributed by atoms with E-state index in [0.717, 1.165) is 5.56 Å². The molecule has 2 aromatic carbocycles. The molecule has 0 unspecified atom stereocenters. The topological polar surface area (TPSA) is 81.4 Å². The van der Waals surface area contributed by atoms with E-state index in [1.165, 1.54) is 6.07 Å². The van der Waals surface area contributed by atoms with E-state index < -0.39 is 10.0 Å². The quantitative estimate of drug-likeness (QED) is 0.631. The van der Waals surface area contributed by atoms with Crippen LogP contribution >= 0.6 is 32.9 Å². The Bertz CT molecular complexity index is 753. The Balaban J connectivity index is 0.00000264. The van der Waals surface area contributed by atoms with Crippen LogP contribution in [0.3, 0.4) is 0 Å². The third kappa shape index (κ3) is 5.20. The van der Waals surface area contributed by atoms with Gasteiger partial charge in [-0.05, 0) is 36.8 Å². The fourth-order valence-electron chi connectivity index (χ4n) is 1.98. The van der Waals surface area contributed by atoms with Gasteiger partial charge in [0, 0.05) is 11.9 Å². The van der Waals surface area contributed by atoms with Crippen LogP contribution in [0.2, 0.25) is 0 Å². The van der Waals surface area contributed by atoms with Gasteiger partial charge < -0.3 is 10.1 Å². The van der Waals surface area contributed by atoms with Crippen molar-refractivity contribution in [2.45, 2.75) is 17.1 Å². The van der Waals surface area contributed by atoms with Crippen LogP contribution in [0.4, 0.5) is 5.69 Å². The van der Waals surface area contributed by atoms with Crippen molar-refractivity contribution < 1.29 is 13.2 Å². The predicted molar refractivity (Wildman–Crippen MR) is 101 cm³/mol. The number of rotatable bonds is 6. The fraction of sp³-hybridized carbons (Fsp3) is 0.200. The smallest absolute Gasteiger partial charge is 0.241 e. The molecule has 0 bridgehead atoms. The molecule has 0 radical (unpaired) electrons. The van der Waals surface area contributed by atoms with Crippen LogP contribution in [-0.4, -0.2) is 15.0 Å². The van der Waals surface area contributed by atoms with Crippen LogP contribution in [0.5, 0.6) is 11.5 Å². The molecule has 23 heavy (non-hydrogen) atoms. The highest BCUT2D eigenvalue weighted by Crippen LogP contribution is 2.37. The number of hydrogen-bond acceptors (Lipinski definition) is 4. The summed E-state index contributed by atoms with van der Waals surface area (Å²) < 4.78 is 29.6. The molecule has 2 rings (SSSR count). The van der Waals surface area contributed by atoms with Crippen molar-refractivity contribution >= 4 is 48.6 Å². The number of nitrogens with two attached hydrogens (primary N) is 1. The summed E-state index contributed by atoms with van der Waals surface area (Å²) in [6, 6.07) is 12.3. The van der Waals surface area contributed by atoms with Gasteiger partial charge in [-0.15, -0.1) is 17.0 Å². The first-order chi connectivity index (χ1) is 10.5. The van der Waals surface area contributed by atoms with Gasteiger partial charge in [-0.1, -0.05) is 34.1 Å². The predicted octanol–water partition coefficient (Wildman–Crippen LogP) is 4.03. The molecule has 0 heterocycles. The third-order valence-corrected chi connectivity index (χ3v) is 4.47. The first-order valence-corrected chi connectivity index (χ1v) is 9.35. The zero-order valence-electron chi connectivity index (χ0n) is 12.5. The number of primary sulfonamides is 1. The Morgan fingerprint density at radius 2 is 1.87 bits per heavy atom. The molecule has 5 nitrogen and oxygen atoms in total. The van der Waals surface area contributed by atoms with Crippen molar-refractivity contribution in [2.75, 3.05) is 11.9 Å². The SMILES string of the molecule is Br.CCNc1cc(CBr)cc(S(N)(=O)=O)c1Oc1ccccc1. The van der Waals surface area contributed by atoms with Crippen LogP contribution < -0.4 is 15.2 Å². The number of sulfonamides is 1. The summed E-state index contributed by atoms with van der Waals surface area (Å²) in [5.74, 6) is 0.749. The average molecular weight is 466 g/mol. The second-order valence-corrected chi connectivity index (χ2v) is 6.69. The zero-order chi connectivity index (χ0) is 16.2. The first-order valence-electron chi connectivity index (χ1n) is 6.68. The fourth-order valence-corrected chi connectivity index (χ4v) is 3.03. The maximum Gasteiger partial charge on any atom is 0.241 e. The highest BCUT2D eigenvalue weighted by Gasteiger charge is 2.21. The molecule has 0 aromatic heterocycles. The Kier molecular flexibility index (Phi) is 7.53. The summed E-state index contributed by atoms with van der Waals surface area (Å²) in [6.45, 7) is 2.55. The van der Waals surface area contributed by atoms with E-state index in [1.54, 1.807) is 12.1 Å². The Morgan fingerprint density at radius 3 is 2.39 bits per heavy atom. The minimum Gasteiger partial charge on any atom is -0.454 e. The summed E-state index contributed by atoms with van der Waals surface area (Å²) in [4.78, 5) is -0.0377. The molecule has 3 N–H and O–H groups in total. The highest BCUT2D eigenvalue weighted by molar-refractivity contribution is 9.08. The van der Waals surface area contributed by atoms with Gasteiger partial charge >= 0.3 is 0 Å². The molecule has 2 aromatic rings. The molecule has 8 heteroatoms. The minimum atomic E-state index is -3.91. The zero-order valence-corrected chi connectivity index (χ0v) is 16.6. The van der Waals surface area contributed by atoms with Crippen molar-refractivity contribution in [1.29, 1.82) is 0 Å². The molecule has 0 aliphatic carbocycles. The van der Waals surface area contributed by atoms with E-state index in [0.29, 0.717) is 23.3 Å². The number of alkyl halides is 1. The van der Waals surface area contributed by atoms with E-state index in [9.17, 15) is 8.42 Å². The lowest BCUT2D eigenvalue weighted by atomic mass is 10.2. The molecular weight excluding hydrogens is 448 g/mol. The lowest BCUT2D eigenvalue weighted by Crippen LogP contribution is -2.15. The molecule has 0 spiro atoms. The van der Waals surface area contributed by atoms with Crippen LogP contribution in [0.15, 0.2) is 47.4 Å². The standard InChI is InChI=1S/C15H17BrN2O3S.BrH/c1-2-18-13-8-11(10-16)9-14(22(17,19)20)15(13)21-12-6-4-3-5-7-12;/h3-9,18H,2,10H2,1H3,(H2,17,19,20);1H. The van der Waals surface area contributed by atoms with E-state index in [2.05, 4.69) is 21.2 Å². The largest absolute Gasteiger partial charge is 0.454 e. The molecule has 126 valence electrons. The Hall–Kier alpha value is -1.09. The number of hydrogen-bond donors (Lipinski definition) is 2. The molecule has 0 fully saturated rings. The average Bonchev–Trinajstić information content (AvgIpc) is 2.49. The number of nitrogens with one attached hydrogen (secondary N) is 1. The monoisotopic (exact) mass is 464 g/mol. The first kappa shape index (κ1) is 20.0. The van der Waals surface area contributed by atoms with Crippen LogP contribution in [0.25, 0.3) is 0 Å². The van der Waals surface area contributed by atoms with Gasteiger partial charge in [0.25, 0.3) is 0 Å². The lowest BCUT2D eigenvalue weighted by Gasteiger charge is -2.17. The molecule has 0 aliphatic rings. The molecule has 0 saturated heterocycles. The van der Waals surface area contributed by atoms with Crippen molar-refractivity contribution in [2.24, 2.45) is 5.14 Å². The van der Waals surface area contributed by atoms with Gasteiger partial charge in [0.05, 0.1) is 5.69 Å². The molecule has 0 amide bonds. The van der Waals surface area contributed by atoms with E-state index in [-0.39, 0.29) is 27.6 Å². The van der Waals surface area contributed by atoms with Gasteiger partial charge in [0.1, 0.15) is 10.6 Å². The van der Waals surface area contributed by atoms with Crippen LogP contribution in [0.1, 0.15) is 12.5 Å².